The molecule has 36 heavy (non-hydrogen) atoms. The predicted octanol–water partition coefficient (Wildman–Crippen LogP) is 5.17. The molecule has 0 saturated carbocycles. The second-order valence-electron chi connectivity index (χ2n) is 8.55. The molecule has 0 unspecified atom stereocenters. The minimum atomic E-state index is -0.476. The Bertz CT molecular complexity index is 1460. The molecule has 1 heterocycles. The van der Waals surface area contributed by atoms with E-state index in [-0.39, 0.29) is 30.7 Å². The van der Waals surface area contributed by atoms with Crippen LogP contribution in [0.4, 0.5) is 5.69 Å². The number of carbonyl (C=O) groups is 2. The van der Waals surface area contributed by atoms with E-state index in [2.05, 4.69) is 10.6 Å². The summed E-state index contributed by atoms with van der Waals surface area (Å²) in [6.07, 6.45) is 0.269. The summed E-state index contributed by atoms with van der Waals surface area (Å²) in [5.41, 5.74) is 2.94. The van der Waals surface area contributed by atoms with Crippen molar-refractivity contribution in [3.63, 3.8) is 0 Å². The Morgan fingerprint density at radius 2 is 1.72 bits per heavy atom. The van der Waals surface area contributed by atoms with Crippen molar-refractivity contribution in [1.29, 1.82) is 0 Å². The van der Waals surface area contributed by atoms with E-state index in [0.29, 0.717) is 28.1 Å². The fourth-order valence-electron chi connectivity index (χ4n) is 4.13. The molecule has 7 nitrogen and oxygen atoms in total. The molecule has 184 valence electrons. The van der Waals surface area contributed by atoms with Crippen molar-refractivity contribution in [2.24, 2.45) is 0 Å². The molecule has 3 aromatic carbocycles. The highest BCUT2D eigenvalue weighted by molar-refractivity contribution is 6.03. The molecule has 0 aliphatic heterocycles. The lowest BCUT2D eigenvalue weighted by atomic mass is 10.0. The van der Waals surface area contributed by atoms with Gasteiger partial charge in [-0.2, -0.15) is 0 Å². The third-order valence-electron chi connectivity index (χ3n) is 6.19. The lowest BCUT2D eigenvalue weighted by molar-refractivity contribution is -0.116. The van der Waals surface area contributed by atoms with Gasteiger partial charge in [-0.25, -0.2) is 4.79 Å². The van der Waals surface area contributed by atoms with E-state index in [1.807, 2.05) is 50.2 Å². The summed E-state index contributed by atoms with van der Waals surface area (Å²) in [4.78, 5) is 38.3. The van der Waals surface area contributed by atoms with Crippen molar-refractivity contribution < 1.29 is 18.7 Å². The summed E-state index contributed by atoms with van der Waals surface area (Å²) in [5, 5.41) is 6.58. The van der Waals surface area contributed by atoms with Gasteiger partial charge in [0.15, 0.2) is 0 Å². The van der Waals surface area contributed by atoms with Crippen molar-refractivity contribution in [2.45, 2.75) is 32.7 Å². The first kappa shape index (κ1) is 24.7. The topological polar surface area (TPSA) is 97.6 Å². The highest BCUT2D eigenvalue weighted by Gasteiger charge is 2.17. The highest BCUT2D eigenvalue weighted by atomic mass is 16.5. The van der Waals surface area contributed by atoms with E-state index in [1.165, 1.54) is 0 Å². The standard InChI is InChI=1S/C29H28N2O5/c1-18-22-14-13-21(35-3)17-26(22)36-29(34)23(18)15-16-27(32)31-25-12-8-7-11-24(25)28(33)30-19(2)20-9-5-4-6-10-20/h4-14,17,19H,15-16H2,1-3H3,(H,30,33)(H,31,32)/t19-/m0/s1. The fourth-order valence-corrected chi connectivity index (χ4v) is 4.13. The molecule has 0 spiro atoms. The summed E-state index contributed by atoms with van der Waals surface area (Å²) in [5.74, 6) is 0.00160. The van der Waals surface area contributed by atoms with Crippen molar-refractivity contribution in [3.8, 4) is 5.75 Å². The number of benzene rings is 3. The fraction of sp³-hybridized carbons (Fsp3) is 0.207. The molecular formula is C29H28N2O5. The average Bonchev–Trinajstić information content (AvgIpc) is 2.88. The molecule has 4 aromatic rings. The maximum Gasteiger partial charge on any atom is 0.339 e. The molecule has 0 radical (unpaired) electrons. The summed E-state index contributed by atoms with van der Waals surface area (Å²) < 4.78 is 10.7. The largest absolute Gasteiger partial charge is 0.497 e. The Morgan fingerprint density at radius 3 is 2.47 bits per heavy atom. The van der Waals surface area contributed by atoms with E-state index >= 15 is 0 Å². The molecule has 0 bridgehead atoms. The van der Waals surface area contributed by atoms with Crippen LogP contribution in [0.5, 0.6) is 5.75 Å². The minimum Gasteiger partial charge on any atom is -0.497 e. The summed E-state index contributed by atoms with van der Waals surface area (Å²) in [6.45, 7) is 3.74. The number of rotatable bonds is 8. The highest BCUT2D eigenvalue weighted by Crippen LogP contribution is 2.25. The van der Waals surface area contributed by atoms with Gasteiger partial charge in [0.05, 0.1) is 24.4 Å². The van der Waals surface area contributed by atoms with Crippen molar-refractivity contribution >= 4 is 28.5 Å². The molecule has 1 aromatic heterocycles. The van der Waals surface area contributed by atoms with Crippen molar-refractivity contribution in [3.05, 3.63) is 105 Å². The Hall–Kier alpha value is -4.39. The molecule has 7 heteroatoms. The summed E-state index contributed by atoms with van der Waals surface area (Å²) in [7, 11) is 1.55. The van der Waals surface area contributed by atoms with E-state index in [9.17, 15) is 14.4 Å². The Kier molecular flexibility index (Phi) is 7.49. The van der Waals surface area contributed by atoms with Gasteiger partial charge in [0.1, 0.15) is 11.3 Å². The molecule has 0 aliphatic carbocycles. The second-order valence-corrected chi connectivity index (χ2v) is 8.55. The van der Waals surface area contributed by atoms with Gasteiger partial charge in [0.2, 0.25) is 5.91 Å². The normalized spacial score (nSPS) is 11.6. The Morgan fingerprint density at radius 1 is 1.00 bits per heavy atom. The van der Waals surface area contributed by atoms with Crippen LogP contribution in [0.1, 0.15) is 46.4 Å². The third kappa shape index (κ3) is 5.46. The summed E-state index contributed by atoms with van der Waals surface area (Å²) >= 11 is 0. The smallest absolute Gasteiger partial charge is 0.339 e. The minimum absolute atomic E-state index is 0.0592. The number of amides is 2. The molecule has 0 fully saturated rings. The zero-order valence-electron chi connectivity index (χ0n) is 20.5. The van der Waals surface area contributed by atoms with Crippen molar-refractivity contribution in [2.75, 3.05) is 12.4 Å². The summed E-state index contributed by atoms with van der Waals surface area (Å²) in [6, 6.07) is 21.6. The van der Waals surface area contributed by atoms with Crippen LogP contribution in [-0.4, -0.2) is 18.9 Å². The van der Waals surface area contributed by atoms with Crippen LogP contribution in [0, 0.1) is 6.92 Å². The number of para-hydroxylation sites is 1. The van der Waals surface area contributed by atoms with Crippen molar-refractivity contribution in [1.82, 2.24) is 5.32 Å². The maximum atomic E-state index is 12.9. The second kappa shape index (κ2) is 10.9. The molecule has 1 atom stereocenters. The van der Waals surface area contributed by atoms with Crippen LogP contribution in [0.3, 0.4) is 0 Å². The first-order valence-electron chi connectivity index (χ1n) is 11.7. The van der Waals surface area contributed by atoms with E-state index in [0.717, 1.165) is 16.5 Å². The Labute approximate surface area is 209 Å². The van der Waals surface area contributed by atoms with Gasteiger partial charge in [-0.3, -0.25) is 9.59 Å². The molecule has 0 aliphatic rings. The average molecular weight is 485 g/mol. The number of hydrogen-bond donors (Lipinski definition) is 2. The third-order valence-corrected chi connectivity index (χ3v) is 6.19. The van der Waals surface area contributed by atoms with Gasteiger partial charge in [-0.15, -0.1) is 0 Å². The van der Waals surface area contributed by atoms with Gasteiger partial charge >= 0.3 is 5.63 Å². The number of anilines is 1. The molecule has 2 amide bonds. The van der Waals surface area contributed by atoms with Crippen LogP contribution in [-0.2, 0) is 11.2 Å². The predicted molar refractivity (Wildman–Crippen MR) is 139 cm³/mol. The molecule has 2 N–H and O–H groups in total. The van der Waals surface area contributed by atoms with Gasteiger partial charge in [-0.1, -0.05) is 42.5 Å². The maximum absolute atomic E-state index is 12.9. The van der Waals surface area contributed by atoms with Gasteiger partial charge in [0, 0.05) is 23.4 Å². The number of nitrogens with one attached hydrogen (secondary N) is 2. The Balaban J connectivity index is 1.45. The number of carbonyl (C=O) groups excluding carboxylic acids is 2. The van der Waals surface area contributed by atoms with Crippen LogP contribution < -0.4 is 21.0 Å². The van der Waals surface area contributed by atoms with Gasteiger partial charge in [0.25, 0.3) is 5.91 Å². The SMILES string of the molecule is COc1ccc2c(C)c(CCC(=O)Nc3ccccc3C(=O)N[C@@H](C)c3ccccc3)c(=O)oc2c1. The number of ether oxygens (including phenoxy) is 1. The zero-order chi connectivity index (χ0) is 25.7. The monoisotopic (exact) mass is 484 g/mol. The number of hydrogen-bond acceptors (Lipinski definition) is 5. The lowest BCUT2D eigenvalue weighted by Gasteiger charge is -2.16. The van der Waals surface area contributed by atoms with Crippen LogP contribution in [0.15, 0.2) is 82.0 Å². The first-order valence-corrected chi connectivity index (χ1v) is 11.7. The van der Waals surface area contributed by atoms with Crippen LogP contribution >= 0.6 is 0 Å². The lowest BCUT2D eigenvalue weighted by Crippen LogP contribution is -2.28. The van der Waals surface area contributed by atoms with Gasteiger partial charge < -0.3 is 19.8 Å². The van der Waals surface area contributed by atoms with Crippen LogP contribution in [0.2, 0.25) is 0 Å². The van der Waals surface area contributed by atoms with E-state index in [1.54, 1.807) is 43.5 Å². The van der Waals surface area contributed by atoms with E-state index in [4.69, 9.17) is 9.15 Å². The molecule has 0 saturated heterocycles. The zero-order valence-corrected chi connectivity index (χ0v) is 20.5. The quantitative estimate of drug-likeness (QED) is 0.336. The number of fused-ring (bicyclic) bond motifs is 1. The molecule has 4 rings (SSSR count). The van der Waals surface area contributed by atoms with Crippen LogP contribution in [0.25, 0.3) is 11.0 Å². The number of methoxy groups -OCH3 is 1. The van der Waals surface area contributed by atoms with E-state index < -0.39 is 5.63 Å². The van der Waals surface area contributed by atoms with Gasteiger partial charge in [-0.05, 0) is 55.7 Å². The first-order chi connectivity index (χ1) is 17.4. The molecular weight excluding hydrogens is 456 g/mol. The number of aryl methyl sites for hydroxylation is 1.